The maximum Gasteiger partial charge on any atom is 0.254 e. The van der Waals surface area contributed by atoms with E-state index in [1.807, 2.05) is 43.3 Å². The van der Waals surface area contributed by atoms with Crippen LogP contribution in [0.5, 0.6) is 0 Å². The highest BCUT2D eigenvalue weighted by molar-refractivity contribution is 5.95. The number of fused-ring (bicyclic) bond motifs is 1. The van der Waals surface area contributed by atoms with E-state index in [4.69, 9.17) is 0 Å². The first-order valence-electron chi connectivity index (χ1n) is 10.5. The lowest BCUT2D eigenvalue weighted by Gasteiger charge is -2.31. The van der Waals surface area contributed by atoms with Crippen LogP contribution in [0.25, 0.3) is 0 Å². The molecule has 1 amide bonds. The second kappa shape index (κ2) is 8.17. The molecule has 0 aromatic heterocycles. The topological polar surface area (TPSA) is 47.0 Å². The van der Waals surface area contributed by atoms with Crippen molar-refractivity contribution in [3.8, 4) is 0 Å². The van der Waals surface area contributed by atoms with Crippen LogP contribution in [0.4, 0.5) is 5.69 Å². The summed E-state index contributed by atoms with van der Waals surface area (Å²) in [6.45, 7) is 5.71. The zero-order chi connectivity index (χ0) is 20.5. The van der Waals surface area contributed by atoms with Crippen molar-refractivity contribution < 1.29 is 9.90 Å². The highest BCUT2D eigenvalue weighted by Gasteiger charge is 2.49. The van der Waals surface area contributed by atoms with Gasteiger partial charge in [0.15, 0.2) is 0 Å². The van der Waals surface area contributed by atoms with Crippen LogP contribution in [0.3, 0.4) is 0 Å². The molecular weight excluding hydrogens is 362 g/mol. The number of nitrogens with zero attached hydrogens (tertiary/aromatic N) is 3. The predicted molar refractivity (Wildman–Crippen MR) is 116 cm³/mol. The molecular formula is C24H31N3O2. The van der Waals surface area contributed by atoms with Crippen molar-refractivity contribution in [1.29, 1.82) is 0 Å². The van der Waals surface area contributed by atoms with Crippen LogP contribution >= 0.6 is 0 Å². The number of carbonyl (C=O) groups excluding carboxylic acids is 1. The third kappa shape index (κ3) is 3.77. The molecule has 0 aliphatic carbocycles. The molecule has 2 heterocycles. The largest absolute Gasteiger partial charge is 0.395 e. The molecule has 4 rings (SSSR count). The third-order valence-corrected chi connectivity index (χ3v) is 6.53. The lowest BCUT2D eigenvalue weighted by molar-refractivity contribution is 0.0697. The van der Waals surface area contributed by atoms with E-state index >= 15 is 0 Å². The number of aliphatic hydroxyl groups is 1. The minimum atomic E-state index is 0.0837. The predicted octanol–water partition coefficient (Wildman–Crippen LogP) is 2.80. The molecule has 2 aromatic rings. The van der Waals surface area contributed by atoms with E-state index < -0.39 is 0 Å². The Morgan fingerprint density at radius 2 is 1.90 bits per heavy atom. The zero-order valence-corrected chi connectivity index (χ0v) is 17.6. The monoisotopic (exact) mass is 393 g/mol. The molecule has 2 aliphatic rings. The van der Waals surface area contributed by atoms with E-state index in [0.717, 1.165) is 30.9 Å². The lowest BCUT2D eigenvalue weighted by Crippen LogP contribution is -2.36. The molecule has 0 radical (unpaired) electrons. The SMILES string of the molecule is Cc1ccccc1[C@@H]1[C@H]2CN(CCO)C[C@H]2CN1C(=O)c1cccc(N(C)C)c1. The van der Waals surface area contributed by atoms with Gasteiger partial charge in [-0.2, -0.15) is 0 Å². The van der Waals surface area contributed by atoms with Gasteiger partial charge in [-0.1, -0.05) is 30.3 Å². The summed E-state index contributed by atoms with van der Waals surface area (Å²) in [5.41, 5.74) is 4.28. The smallest absolute Gasteiger partial charge is 0.254 e. The Kier molecular flexibility index (Phi) is 5.61. The average molecular weight is 394 g/mol. The number of benzene rings is 2. The van der Waals surface area contributed by atoms with Gasteiger partial charge in [-0.25, -0.2) is 0 Å². The van der Waals surface area contributed by atoms with Gasteiger partial charge in [0.25, 0.3) is 5.91 Å². The van der Waals surface area contributed by atoms with Crippen LogP contribution < -0.4 is 4.90 Å². The Morgan fingerprint density at radius 3 is 2.62 bits per heavy atom. The van der Waals surface area contributed by atoms with Crippen LogP contribution in [0.2, 0.25) is 0 Å². The molecule has 5 heteroatoms. The van der Waals surface area contributed by atoms with Gasteiger partial charge in [0.05, 0.1) is 12.6 Å². The number of rotatable bonds is 5. The van der Waals surface area contributed by atoms with E-state index in [0.29, 0.717) is 18.4 Å². The molecule has 0 saturated carbocycles. The molecule has 2 aromatic carbocycles. The average Bonchev–Trinajstić information content (AvgIpc) is 3.25. The van der Waals surface area contributed by atoms with Crippen LogP contribution in [0.1, 0.15) is 27.5 Å². The Hall–Kier alpha value is -2.37. The molecule has 2 fully saturated rings. The molecule has 5 nitrogen and oxygen atoms in total. The number of β-amino-alcohol motifs (C(OH)–C–C–N with tert-alkyl or cyclic N) is 1. The second-order valence-electron chi connectivity index (χ2n) is 8.61. The number of anilines is 1. The van der Waals surface area contributed by atoms with Crippen molar-refractivity contribution in [3.05, 3.63) is 65.2 Å². The van der Waals surface area contributed by atoms with E-state index in [9.17, 15) is 9.90 Å². The van der Waals surface area contributed by atoms with E-state index in [1.165, 1.54) is 11.1 Å². The number of amides is 1. The van der Waals surface area contributed by atoms with Crippen molar-refractivity contribution in [2.24, 2.45) is 11.8 Å². The number of aliphatic hydroxyl groups excluding tert-OH is 1. The summed E-state index contributed by atoms with van der Waals surface area (Å²) < 4.78 is 0. The summed E-state index contributed by atoms with van der Waals surface area (Å²) in [6, 6.07) is 16.4. The zero-order valence-electron chi connectivity index (χ0n) is 17.6. The summed E-state index contributed by atoms with van der Waals surface area (Å²) in [4.78, 5) is 20.1. The normalized spacial score (nSPS) is 24.0. The molecule has 0 bridgehead atoms. The second-order valence-corrected chi connectivity index (χ2v) is 8.61. The van der Waals surface area contributed by atoms with Crippen molar-refractivity contribution in [2.45, 2.75) is 13.0 Å². The van der Waals surface area contributed by atoms with E-state index in [1.54, 1.807) is 0 Å². The van der Waals surface area contributed by atoms with E-state index in [-0.39, 0.29) is 18.6 Å². The van der Waals surface area contributed by atoms with Gasteiger partial charge in [-0.15, -0.1) is 0 Å². The molecule has 2 aliphatic heterocycles. The summed E-state index contributed by atoms with van der Waals surface area (Å²) >= 11 is 0. The molecule has 3 atom stereocenters. The molecule has 0 spiro atoms. The Bertz CT molecular complexity index is 882. The molecule has 29 heavy (non-hydrogen) atoms. The van der Waals surface area contributed by atoms with Gasteiger partial charge >= 0.3 is 0 Å². The number of hydrogen-bond acceptors (Lipinski definition) is 4. The fourth-order valence-corrected chi connectivity index (χ4v) is 5.07. The Balaban J connectivity index is 1.68. The molecule has 154 valence electrons. The Morgan fingerprint density at radius 1 is 1.10 bits per heavy atom. The lowest BCUT2D eigenvalue weighted by atomic mass is 9.87. The standard InChI is InChI=1S/C24H31N3O2/c1-17-7-4-5-10-21(17)23-22-16-26(11-12-28)14-19(22)15-27(23)24(29)18-8-6-9-20(13-18)25(2)3/h4-10,13,19,22-23,28H,11-12,14-16H2,1-3H3/t19-,22-,23+/m0/s1. The number of hydrogen-bond donors (Lipinski definition) is 1. The highest BCUT2D eigenvalue weighted by Crippen LogP contribution is 2.46. The maximum absolute atomic E-state index is 13.6. The quantitative estimate of drug-likeness (QED) is 0.849. The van der Waals surface area contributed by atoms with Gasteiger partial charge in [0.2, 0.25) is 0 Å². The van der Waals surface area contributed by atoms with Crippen LogP contribution in [0, 0.1) is 18.8 Å². The van der Waals surface area contributed by atoms with Crippen molar-refractivity contribution >= 4 is 11.6 Å². The first-order valence-corrected chi connectivity index (χ1v) is 10.5. The van der Waals surface area contributed by atoms with Gasteiger partial charge in [-0.05, 0) is 42.2 Å². The van der Waals surface area contributed by atoms with Crippen molar-refractivity contribution in [1.82, 2.24) is 9.80 Å². The maximum atomic E-state index is 13.6. The third-order valence-electron chi connectivity index (χ3n) is 6.53. The summed E-state index contributed by atoms with van der Waals surface area (Å²) in [5, 5.41) is 9.37. The molecule has 2 saturated heterocycles. The van der Waals surface area contributed by atoms with Crippen molar-refractivity contribution in [3.63, 3.8) is 0 Å². The molecule has 0 unspecified atom stereocenters. The summed E-state index contributed by atoms with van der Waals surface area (Å²) in [5.74, 6) is 0.973. The minimum Gasteiger partial charge on any atom is -0.395 e. The highest BCUT2D eigenvalue weighted by atomic mass is 16.3. The summed E-state index contributed by atoms with van der Waals surface area (Å²) in [7, 11) is 3.99. The Labute approximate surface area is 173 Å². The number of carbonyl (C=O) groups is 1. The first kappa shape index (κ1) is 19.9. The fraction of sp³-hybridized carbons (Fsp3) is 0.458. The number of aryl methyl sites for hydroxylation is 1. The van der Waals surface area contributed by atoms with Crippen LogP contribution in [0.15, 0.2) is 48.5 Å². The van der Waals surface area contributed by atoms with Gasteiger partial charge in [-0.3, -0.25) is 4.79 Å². The van der Waals surface area contributed by atoms with E-state index in [2.05, 4.69) is 41.0 Å². The van der Waals surface area contributed by atoms with Crippen LogP contribution in [-0.4, -0.2) is 67.7 Å². The van der Waals surface area contributed by atoms with Crippen molar-refractivity contribution in [2.75, 3.05) is 51.8 Å². The molecule has 1 N–H and O–H groups in total. The van der Waals surface area contributed by atoms with Gasteiger partial charge < -0.3 is 19.8 Å². The minimum absolute atomic E-state index is 0.0837. The van der Waals surface area contributed by atoms with Gasteiger partial charge in [0, 0.05) is 57.4 Å². The number of likely N-dealkylation sites (tertiary alicyclic amines) is 2. The van der Waals surface area contributed by atoms with Crippen LogP contribution in [-0.2, 0) is 0 Å². The fourth-order valence-electron chi connectivity index (χ4n) is 5.07. The first-order chi connectivity index (χ1) is 14.0. The summed E-state index contributed by atoms with van der Waals surface area (Å²) in [6.07, 6.45) is 0. The van der Waals surface area contributed by atoms with Gasteiger partial charge in [0.1, 0.15) is 0 Å².